The zero-order chi connectivity index (χ0) is 6.97. The Balaban J connectivity index is 0.000000605. The molecule has 66 valence electrons. The van der Waals surface area contributed by atoms with E-state index in [1.807, 2.05) is 0 Å². The van der Waals surface area contributed by atoms with Crippen molar-refractivity contribution in [1.82, 2.24) is 4.90 Å². The van der Waals surface area contributed by atoms with Gasteiger partial charge in [-0.25, -0.2) is 0 Å². The van der Waals surface area contributed by atoms with Gasteiger partial charge in [0.1, 0.15) is 0 Å². The summed E-state index contributed by atoms with van der Waals surface area (Å²) in [6, 6.07) is 0.741. The smallest absolute Gasteiger partial charge is 0.0474 e. The normalized spacial score (nSPS) is 36.8. The summed E-state index contributed by atoms with van der Waals surface area (Å²) < 4.78 is 0. The first-order valence-corrected chi connectivity index (χ1v) is 4.26. The predicted molar refractivity (Wildman–Crippen MR) is 47.0 cm³/mol. The molecule has 1 N–H and O–H groups in total. The monoisotopic (exact) mass is 177 g/mol. The predicted octanol–water partition coefficient (Wildman–Crippen LogP) is 0.885. The SMILES string of the molecule is Cl.OCC1CCN2CCCC12. The molecule has 0 aromatic heterocycles. The Morgan fingerprint density at radius 2 is 2.09 bits per heavy atom. The van der Waals surface area contributed by atoms with Crippen LogP contribution in [0.2, 0.25) is 0 Å². The van der Waals surface area contributed by atoms with Crippen LogP contribution in [-0.2, 0) is 0 Å². The molecule has 11 heavy (non-hydrogen) atoms. The Hall–Kier alpha value is 0.210. The zero-order valence-corrected chi connectivity index (χ0v) is 7.52. The van der Waals surface area contributed by atoms with E-state index < -0.39 is 0 Å². The first-order valence-electron chi connectivity index (χ1n) is 4.26. The topological polar surface area (TPSA) is 23.5 Å². The Morgan fingerprint density at radius 1 is 1.27 bits per heavy atom. The van der Waals surface area contributed by atoms with Crippen LogP contribution in [0.5, 0.6) is 0 Å². The van der Waals surface area contributed by atoms with Gasteiger partial charge in [0.2, 0.25) is 0 Å². The number of rotatable bonds is 1. The molecule has 0 radical (unpaired) electrons. The van der Waals surface area contributed by atoms with E-state index in [-0.39, 0.29) is 12.4 Å². The lowest BCUT2D eigenvalue weighted by Gasteiger charge is -2.17. The summed E-state index contributed by atoms with van der Waals surface area (Å²) >= 11 is 0. The summed E-state index contributed by atoms with van der Waals surface area (Å²) in [4.78, 5) is 2.53. The van der Waals surface area contributed by atoms with Crippen LogP contribution in [0.1, 0.15) is 19.3 Å². The largest absolute Gasteiger partial charge is 0.396 e. The van der Waals surface area contributed by atoms with Crippen molar-refractivity contribution in [3.63, 3.8) is 0 Å². The standard InChI is InChI=1S/C8H15NO.ClH/c10-6-7-3-5-9-4-1-2-8(7)9;/h7-8,10H,1-6H2;1H. The summed E-state index contributed by atoms with van der Waals surface area (Å²) in [6.45, 7) is 2.91. The van der Waals surface area contributed by atoms with Gasteiger partial charge < -0.3 is 10.0 Å². The molecule has 2 saturated heterocycles. The lowest BCUT2D eigenvalue weighted by Crippen LogP contribution is -2.27. The maximum absolute atomic E-state index is 8.99. The van der Waals surface area contributed by atoms with E-state index >= 15 is 0 Å². The molecule has 2 fully saturated rings. The van der Waals surface area contributed by atoms with Crippen LogP contribution in [0.25, 0.3) is 0 Å². The van der Waals surface area contributed by atoms with Gasteiger partial charge in [-0.05, 0) is 38.3 Å². The van der Waals surface area contributed by atoms with E-state index in [9.17, 15) is 0 Å². The highest BCUT2D eigenvalue weighted by Crippen LogP contribution is 2.31. The number of aliphatic hydroxyl groups is 1. The van der Waals surface area contributed by atoms with Gasteiger partial charge in [-0.3, -0.25) is 0 Å². The van der Waals surface area contributed by atoms with E-state index in [1.165, 1.54) is 32.4 Å². The highest BCUT2D eigenvalue weighted by Gasteiger charge is 2.36. The minimum atomic E-state index is 0. The second-order valence-corrected chi connectivity index (χ2v) is 3.48. The minimum Gasteiger partial charge on any atom is -0.396 e. The van der Waals surface area contributed by atoms with E-state index in [2.05, 4.69) is 4.90 Å². The molecule has 2 atom stereocenters. The Kier molecular flexibility index (Phi) is 3.16. The third-order valence-electron chi connectivity index (χ3n) is 2.98. The molecule has 0 spiro atoms. The van der Waals surface area contributed by atoms with E-state index in [0.717, 1.165) is 6.04 Å². The van der Waals surface area contributed by atoms with Gasteiger partial charge in [-0.2, -0.15) is 0 Å². The molecule has 2 heterocycles. The Labute approximate surface area is 74.0 Å². The summed E-state index contributed by atoms with van der Waals surface area (Å²) in [5.74, 6) is 0.600. The van der Waals surface area contributed by atoms with Crippen LogP contribution < -0.4 is 0 Å². The number of fused-ring (bicyclic) bond motifs is 1. The van der Waals surface area contributed by atoms with Crippen LogP contribution in [0.15, 0.2) is 0 Å². The van der Waals surface area contributed by atoms with Crippen molar-refractivity contribution >= 4 is 12.4 Å². The molecule has 2 aliphatic heterocycles. The maximum Gasteiger partial charge on any atom is 0.0474 e. The molecule has 0 aromatic carbocycles. The lowest BCUT2D eigenvalue weighted by molar-refractivity contribution is 0.191. The Bertz CT molecular complexity index is 131. The van der Waals surface area contributed by atoms with Crippen molar-refractivity contribution in [3.8, 4) is 0 Å². The van der Waals surface area contributed by atoms with E-state index in [4.69, 9.17) is 5.11 Å². The zero-order valence-electron chi connectivity index (χ0n) is 6.70. The van der Waals surface area contributed by atoms with E-state index in [1.54, 1.807) is 0 Å². The van der Waals surface area contributed by atoms with Crippen molar-refractivity contribution < 1.29 is 5.11 Å². The molecule has 0 bridgehead atoms. The van der Waals surface area contributed by atoms with Crippen LogP contribution in [0.4, 0.5) is 0 Å². The molecule has 0 aromatic rings. The second kappa shape index (κ2) is 3.74. The number of aliphatic hydroxyl groups excluding tert-OH is 1. The fraction of sp³-hybridized carbons (Fsp3) is 1.00. The summed E-state index contributed by atoms with van der Waals surface area (Å²) in [5.41, 5.74) is 0. The first kappa shape index (κ1) is 9.30. The average Bonchev–Trinajstić information content (AvgIpc) is 2.44. The van der Waals surface area contributed by atoms with Gasteiger partial charge in [-0.1, -0.05) is 0 Å². The van der Waals surface area contributed by atoms with Gasteiger partial charge in [-0.15, -0.1) is 12.4 Å². The second-order valence-electron chi connectivity index (χ2n) is 3.48. The molecular formula is C8H16ClNO. The van der Waals surface area contributed by atoms with Crippen LogP contribution >= 0.6 is 12.4 Å². The molecule has 2 unspecified atom stereocenters. The van der Waals surface area contributed by atoms with Crippen molar-refractivity contribution in [3.05, 3.63) is 0 Å². The molecule has 2 rings (SSSR count). The van der Waals surface area contributed by atoms with Crippen LogP contribution in [-0.4, -0.2) is 35.7 Å². The molecule has 2 aliphatic rings. The minimum absolute atomic E-state index is 0. The van der Waals surface area contributed by atoms with Gasteiger partial charge >= 0.3 is 0 Å². The number of halogens is 1. The maximum atomic E-state index is 8.99. The summed E-state index contributed by atoms with van der Waals surface area (Å²) in [5, 5.41) is 8.99. The molecule has 0 amide bonds. The van der Waals surface area contributed by atoms with Crippen LogP contribution in [0, 0.1) is 5.92 Å². The number of hydrogen-bond donors (Lipinski definition) is 1. The summed E-state index contributed by atoms with van der Waals surface area (Å²) in [7, 11) is 0. The molecule has 2 nitrogen and oxygen atoms in total. The fourth-order valence-electron chi connectivity index (χ4n) is 2.40. The van der Waals surface area contributed by atoms with Gasteiger partial charge in [0.15, 0.2) is 0 Å². The number of nitrogens with zero attached hydrogens (tertiary/aromatic N) is 1. The van der Waals surface area contributed by atoms with Crippen molar-refractivity contribution in [1.29, 1.82) is 0 Å². The van der Waals surface area contributed by atoms with Gasteiger partial charge in [0.25, 0.3) is 0 Å². The highest BCUT2D eigenvalue weighted by molar-refractivity contribution is 5.85. The summed E-state index contributed by atoms with van der Waals surface area (Å²) in [6.07, 6.45) is 3.90. The van der Waals surface area contributed by atoms with Gasteiger partial charge in [0.05, 0.1) is 0 Å². The fourth-order valence-corrected chi connectivity index (χ4v) is 2.40. The molecular weight excluding hydrogens is 162 g/mol. The molecule has 3 heteroatoms. The first-order chi connectivity index (χ1) is 4.92. The average molecular weight is 178 g/mol. The van der Waals surface area contributed by atoms with Crippen molar-refractivity contribution in [2.24, 2.45) is 5.92 Å². The molecule has 0 saturated carbocycles. The van der Waals surface area contributed by atoms with Gasteiger partial charge in [0, 0.05) is 12.6 Å². The van der Waals surface area contributed by atoms with Crippen molar-refractivity contribution in [2.75, 3.05) is 19.7 Å². The quantitative estimate of drug-likeness (QED) is 0.643. The third kappa shape index (κ3) is 1.53. The van der Waals surface area contributed by atoms with Crippen LogP contribution in [0.3, 0.4) is 0 Å². The number of hydrogen-bond acceptors (Lipinski definition) is 2. The highest BCUT2D eigenvalue weighted by atomic mass is 35.5. The lowest BCUT2D eigenvalue weighted by atomic mass is 10.00. The molecule has 0 aliphatic carbocycles. The third-order valence-corrected chi connectivity index (χ3v) is 2.98. The Morgan fingerprint density at radius 3 is 2.82 bits per heavy atom. The van der Waals surface area contributed by atoms with E-state index in [0.29, 0.717) is 12.5 Å². The van der Waals surface area contributed by atoms with Crippen molar-refractivity contribution in [2.45, 2.75) is 25.3 Å².